The molecule has 0 saturated heterocycles. The van der Waals surface area contributed by atoms with Crippen molar-refractivity contribution in [3.05, 3.63) is 73.1 Å². The lowest BCUT2D eigenvalue weighted by atomic mass is 9.85. The number of aromatic nitrogens is 8. The van der Waals surface area contributed by atoms with Gasteiger partial charge in [0.2, 0.25) is 11.1 Å². The molecule has 0 atom stereocenters. The molecule has 0 aliphatic heterocycles. The number of halogens is 1. The van der Waals surface area contributed by atoms with Crippen molar-refractivity contribution in [2.24, 2.45) is 23.5 Å². The van der Waals surface area contributed by atoms with Gasteiger partial charge in [-0.25, -0.2) is 4.98 Å². The summed E-state index contributed by atoms with van der Waals surface area (Å²) in [5, 5.41) is 18.6. The Morgan fingerprint density at radius 3 is 1.73 bits per heavy atom. The van der Waals surface area contributed by atoms with Crippen molar-refractivity contribution in [3.8, 4) is 0 Å². The molecule has 4 aromatic rings. The van der Waals surface area contributed by atoms with Crippen LogP contribution in [0.5, 0.6) is 0 Å². The molecular formula is C34H45ClN10O4. The number of hydrogen-bond donors (Lipinski definition) is 3. The molecule has 4 N–H and O–H groups in total. The van der Waals surface area contributed by atoms with E-state index in [1.54, 1.807) is 49.7 Å². The molecule has 4 aliphatic carbocycles. The van der Waals surface area contributed by atoms with Gasteiger partial charge in [-0.15, -0.1) is 5.10 Å². The van der Waals surface area contributed by atoms with Crippen LogP contribution in [0.1, 0.15) is 100 Å². The first-order valence-corrected chi connectivity index (χ1v) is 17.3. The van der Waals surface area contributed by atoms with Gasteiger partial charge in [0.1, 0.15) is 12.2 Å². The number of fused-ring (bicyclic) bond motifs is 1. The van der Waals surface area contributed by atoms with Gasteiger partial charge in [-0.1, -0.05) is 25.7 Å². The molecule has 0 unspecified atom stereocenters. The Hall–Kier alpha value is -4.43. The van der Waals surface area contributed by atoms with E-state index in [1.165, 1.54) is 32.1 Å². The lowest BCUT2D eigenvalue weighted by Crippen LogP contribution is -2.34. The summed E-state index contributed by atoms with van der Waals surface area (Å²) in [5.74, 6) is 1.78. The van der Waals surface area contributed by atoms with E-state index in [2.05, 4.69) is 40.4 Å². The van der Waals surface area contributed by atoms with Gasteiger partial charge < -0.3 is 16.2 Å². The first-order chi connectivity index (χ1) is 23.9. The Labute approximate surface area is 290 Å². The minimum absolute atomic E-state index is 0.000000000000000444. The highest BCUT2D eigenvalue weighted by atomic mass is 35.5. The van der Waals surface area contributed by atoms with E-state index in [0.29, 0.717) is 19.0 Å². The number of amides is 1. The lowest BCUT2D eigenvalue weighted by molar-refractivity contribution is -0.144. The molecule has 8 rings (SSSR count). The highest BCUT2D eigenvalue weighted by Gasteiger charge is 2.26. The summed E-state index contributed by atoms with van der Waals surface area (Å²) in [6, 6.07) is 0. The number of rotatable bonds is 7. The van der Waals surface area contributed by atoms with Gasteiger partial charge in [-0.2, -0.15) is 5.10 Å². The zero-order chi connectivity index (χ0) is 34.8. The number of carboxylic acids is 1. The summed E-state index contributed by atoms with van der Waals surface area (Å²) < 4.78 is 2.04. The van der Waals surface area contributed by atoms with Crippen LogP contribution in [0.4, 0.5) is 0 Å². The Morgan fingerprint density at radius 1 is 0.755 bits per heavy atom. The molecule has 15 heteroatoms. The van der Waals surface area contributed by atoms with Gasteiger partial charge in [0.05, 0.1) is 48.0 Å². The number of imidazole rings is 1. The maximum atomic E-state index is 11.4. The molecule has 0 radical (unpaired) electrons. The number of carboxylic acid groups (broad SMARTS) is 1. The molecule has 14 nitrogen and oxygen atoms in total. The average Bonchev–Trinajstić information content (AvgIpc) is 3.42. The molecule has 262 valence electrons. The van der Waals surface area contributed by atoms with Gasteiger partial charge >= 0.3 is 5.97 Å². The summed E-state index contributed by atoms with van der Waals surface area (Å²) in [4.78, 5) is 51.7. The van der Waals surface area contributed by atoms with Gasteiger partial charge in [0.15, 0.2) is 0 Å². The van der Waals surface area contributed by atoms with Gasteiger partial charge in [-0.05, 0) is 63.0 Å². The first kappa shape index (κ1) is 37.4. The number of carbonyl (C=O) groups excluding carboxylic acids is 2. The summed E-state index contributed by atoms with van der Waals surface area (Å²) >= 11 is 5.14. The number of nitrogens with zero attached hydrogens (tertiary/aromatic N) is 8. The summed E-state index contributed by atoms with van der Waals surface area (Å²) in [7, 11) is 0. The van der Waals surface area contributed by atoms with E-state index >= 15 is 0 Å². The molecule has 4 aliphatic rings. The van der Waals surface area contributed by atoms with Crippen molar-refractivity contribution in [3.63, 3.8) is 0 Å². The topological polar surface area (TPSA) is 204 Å². The maximum absolute atomic E-state index is 11.4. The fraction of sp³-hybridized carbons (Fsp3) is 0.529. The third-order valence-electron chi connectivity index (χ3n) is 8.99. The fourth-order valence-electron chi connectivity index (χ4n) is 4.89. The van der Waals surface area contributed by atoms with Gasteiger partial charge in [0, 0.05) is 55.3 Å². The standard InChI is InChI=1S/C10H13N3O.C9H10N4.C5H7ClO.C5H7N3.C5H8O2/c14-10(8-2-1-3-8)13-7-9-6-11-4-5-12-9;1-2-7(3-1)9-10-4-8-5-11-12-6-13(8)9;6-5(7)4-2-1-3-4;6-3-5-4-7-1-2-8-5;6-5(7)4-2-1-3-4/h4-6,8H,1-3,7H2,(H,13,14);4-7H,1-3H2;4H,1-3H2;1-2,4H,3,6H2;4H,1-3H2,(H,6,7). The highest BCUT2D eigenvalue weighted by molar-refractivity contribution is 6.64. The van der Waals surface area contributed by atoms with E-state index in [9.17, 15) is 14.4 Å². The van der Waals surface area contributed by atoms with Crippen molar-refractivity contribution >= 4 is 34.2 Å². The number of nitrogens with one attached hydrogen (secondary N) is 1. The van der Waals surface area contributed by atoms with Crippen LogP contribution in [0, 0.1) is 17.8 Å². The molecule has 49 heavy (non-hydrogen) atoms. The lowest BCUT2D eigenvalue weighted by Gasteiger charge is -2.23. The van der Waals surface area contributed by atoms with E-state index in [1.807, 2.05) is 10.6 Å². The smallest absolute Gasteiger partial charge is 0.306 e. The first-order valence-electron chi connectivity index (χ1n) is 16.9. The van der Waals surface area contributed by atoms with E-state index in [4.69, 9.17) is 22.4 Å². The second-order valence-corrected chi connectivity index (χ2v) is 12.7. The van der Waals surface area contributed by atoms with Crippen LogP contribution in [-0.2, 0) is 27.5 Å². The molecule has 0 bridgehead atoms. The molecule has 1 amide bonds. The van der Waals surface area contributed by atoms with Crippen molar-refractivity contribution in [1.82, 2.24) is 44.8 Å². The van der Waals surface area contributed by atoms with Crippen LogP contribution in [0.2, 0.25) is 0 Å². The van der Waals surface area contributed by atoms with Crippen LogP contribution in [-0.4, -0.2) is 61.7 Å². The van der Waals surface area contributed by atoms with Crippen molar-refractivity contribution in [2.75, 3.05) is 0 Å². The predicted molar refractivity (Wildman–Crippen MR) is 182 cm³/mol. The third-order valence-corrected chi connectivity index (χ3v) is 9.30. The minimum atomic E-state index is -0.619. The number of nitrogens with two attached hydrogens (primary N) is 1. The summed E-state index contributed by atoms with van der Waals surface area (Å²) in [5.41, 5.74) is 7.92. The molecular weight excluding hydrogens is 648 g/mol. The second-order valence-electron chi connectivity index (χ2n) is 12.4. The van der Waals surface area contributed by atoms with E-state index < -0.39 is 5.97 Å². The Bertz CT molecular complexity index is 1550. The maximum Gasteiger partial charge on any atom is 0.306 e. The molecule has 4 aromatic heterocycles. The fourth-order valence-corrected chi connectivity index (χ4v) is 5.11. The van der Waals surface area contributed by atoms with Crippen LogP contribution in [0.15, 0.2) is 55.9 Å². The molecule has 4 saturated carbocycles. The number of aliphatic carboxylic acids is 1. The average molecular weight is 693 g/mol. The van der Waals surface area contributed by atoms with E-state index in [-0.39, 0.29) is 28.9 Å². The minimum Gasteiger partial charge on any atom is -0.481 e. The zero-order valence-electron chi connectivity index (χ0n) is 27.6. The van der Waals surface area contributed by atoms with Crippen molar-refractivity contribution < 1.29 is 19.5 Å². The number of carbonyl (C=O) groups is 3. The molecule has 4 fully saturated rings. The van der Waals surface area contributed by atoms with Gasteiger partial charge in [0.25, 0.3) is 0 Å². The predicted octanol–water partition coefficient (Wildman–Crippen LogP) is 4.64. The summed E-state index contributed by atoms with van der Waals surface area (Å²) in [6.45, 7) is 0.955. The van der Waals surface area contributed by atoms with E-state index in [0.717, 1.165) is 67.7 Å². The normalized spacial score (nSPS) is 16.8. The van der Waals surface area contributed by atoms with Crippen LogP contribution in [0.3, 0.4) is 0 Å². The van der Waals surface area contributed by atoms with Crippen molar-refractivity contribution in [2.45, 2.75) is 96.1 Å². The second kappa shape index (κ2) is 20.2. The SMILES string of the molecule is NCc1cnccn1.O=C(Cl)C1CCC1.O=C(NCc1cnccn1)C1CCC1.O=C(O)C1CCC1.c1nncn2c(C3CCC3)ncc12. The zero-order valence-corrected chi connectivity index (χ0v) is 28.4. The third kappa shape index (κ3) is 12.2. The molecule has 4 heterocycles. The Kier molecular flexibility index (Phi) is 15.4. The van der Waals surface area contributed by atoms with Crippen LogP contribution < -0.4 is 11.1 Å². The summed E-state index contributed by atoms with van der Waals surface area (Å²) in [6.07, 6.45) is 28.4. The van der Waals surface area contributed by atoms with Gasteiger partial charge in [-0.3, -0.25) is 38.7 Å². The van der Waals surface area contributed by atoms with Crippen LogP contribution in [0.25, 0.3) is 5.52 Å². The monoisotopic (exact) mass is 692 g/mol. The molecule has 0 spiro atoms. The van der Waals surface area contributed by atoms with Crippen molar-refractivity contribution in [1.29, 1.82) is 0 Å². The highest BCUT2D eigenvalue weighted by Crippen LogP contribution is 2.35. The Morgan fingerprint density at radius 2 is 1.35 bits per heavy atom. The quantitative estimate of drug-likeness (QED) is 0.227. The largest absolute Gasteiger partial charge is 0.481 e. The Balaban J connectivity index is 0.000000143. The molecule has 0 aromatic carbocycles. The number of hydrogen-bond acceptors (Lipinski definition) is 11. The van der Waals surface area contributed by atoms with Crippen LogP contribution >= 0.6 is 11.6 Å².